The molecule has 0 radical (unpaired) electrons. The zero-order valence-corrected chi connectivity index (χ0v) is 15.0. The third-order valence-corrected chi connectivity index (χ3v) is 4.43. The normalized spacial score (nSPS) is 10.8. The van der Waals surface area contributed by atoms with Gasteiger partial charge in [-0.1, -0.05) is 28.1 Å². The van der Waals surface area contributed by atoms with E-state index < -0.39 is 5.97 Å². The summed E-state index contributed by atoms with van der Waals surface area (Å²) in [5, 5.41) is 11.0. The van der Waals surface area contributed by atoms with Crippen LogP contribution >= 0.6 is 15.9 Å². The van der Waals surface area contributed by atoms with Crippen LogP contribution in [0.4, 0.5) is 4.39 Å². The molecule has 0 aliphatic heterocycles. The van der Waals surface area contributed by atoms with Gasteiger partial charge < -0.3 is 9.84 Å². The summed E-state index contributed by atoms with van der Waals surface area (Å²) in [7, 11) is 0. The molecular weight excluding hydrogens is 389 g/mol. The first-order chi connectivity index (χ1) is 12.0. The second kappa shape index (κ2) is 7.19. The highest BCUT2D eigenvalue weighted by molar-refractivity contribution is 9.10. The van der Waals surface area contributed by atoms with Crippen LogP contribution in [0.5, 0.6) is 5.75 Å². The minimum absolute atomic E-state index is 0.0695. The van der Waals surface area contributed by atoms with Crippen LogP contribution in [0.15, 0.2) is 47.1 Å². The van der Waals surface area contributed by atoms with Gasteiger partial charge in [0.2, 0.25) is 0 Å². The lowest BCUT2D eigenvalue weighted by Crippen LogP contribution is -2.05. The molecule has 4 nitrogen and oxygen atoms in total. The maximum atomic E-state index is 13.0. The van der Waals surface area contributed by atoms with Gasteiger partial charge in [0, 0.05) is 16.1 Å². The number of pyridine rings is 1. The highest BCUT2D eigenvalue weighted by Crippen LogP contribution is 2.34. The fourth-order valence-corrected chi connectivity index (χ4v) is 3.11. The second-order valence-corrected chi connectivity index (χ2v) is 6.37. The number of nitrogens with zero attached hydrogens (tertiary/aromatic N) is 1. The smallest absolute Gasteiger partial charge is 0.342 e. The Kier molecular flexibility index (Phi) is 4.99. The summed E-state index contributed by atoms with van der Waals surface area (Å²) < 4.78 is 18.6. The lowest BCUT2D eigenvalue weighted by Gasteiger charge is -2.10. The third kappa shape index (κ3) is 3.64. The number of carbonyl (C=O) groups excluding carboxylic acids is 1. The van der Waals surface area contributed by atoms with Crippen LogP contribution in [0.2, 0.25) is 0 Å². The van der Waals surface area contributed by atoms with Crippen LogP contribution in [0, 0.1) is 5.82 Å². The molecule has 0 unspecified atom stereocenters. The van der Waals surface area contributed by atoms with E-state index in [1.54, 1.807) is 25.3 Å². The van der Waals surface area contributed by atoms with Crippen molar-refractivity contribution < 1.29 is 19.0 Å². The molecule has 25 heavy (non-hydrogen) atoms. The summed E-state index contributed by atoms with van der Waals surface area (Å²) in [6.45, 7) is 1.92. The van der Waals surface area contributed by atoms with Crippen LogP contribution in [-0.2, 0) is 11.2 Å². The van der Waals surface area contributed by atoms with Gasteiger partial charge >= 0.3 is 5.97 Å². The first-order valence-corrected chi connectivity index (χ1v) is 8.50. The molecule has 3 rings (SSSR count). The van der Waals surface area contributed by atoms with Gasteiger partial charge in [0.1, 0.15) is 16.9 Å². The molecule has 6 heteroatoms. The van der Waals surface area contributed by atoms with Gasteiger partial charge in [0.25, 0.3) is 0 Å². The monoisotopic (exact) mass is 403 g/mol. The van der Waals surface area contributed by atoms with Gasteiger partial charge in [-0.2, -0.15) is 0 Å². The number of rotatable bonds is 4. The van der Waals surface area contributed by atoms with E-state index in [4.69, 9.17) is 4.74 Å². The number of fused-ring (bicyclic) bond motifs is 1. The molecule has 0 atom stereocenters. The van der Waals surface area contributed by atoms with E-state index in [2.05, 4.69) is 20.9 Å². The molecule has 1 aromatic heterocycles. The topological polar surface area (TPSA) is 59.4 Å². The van der Waals surface area contributed by atoms with E-state index >= 15 is 0 Å². The molecule has 3 aromatic rings. The summed E-state index contributed by atoms with van der Waals surface area (Å²) in [5.74, 6) is -1.08. The first kappa shape index (κ1) is 17.4. The molecule has 0 aliphatic carbocycles. The summed E-state index contributed by atoms with van der Waals surface area (Å²) >= 11 is 3.42. The Hall–Kier alpha value is -2.47. The Morgan fingerprint density at radius 2 is 1.96 bits per heavy atom. The van der Waals surface area contributed by atoms with Crippen LogP contribution in [0.1, 0.15) is 28.4 Å². The Bertz CT molecular complexity index is 942. The third-order valence-electron chi connectivity index (χ3n) is 3.77. The number of hydrogen-bond acceptors (Lipinski definition) is 4. The fourth-order valence-electron chi connectivity index (χ4n) is 2.58. The summed E-state index contributed by atoms with van der Waals surface area (Å²) in [6.07, 6.45) is 2.21. The Morgan fingerprint density at radius 3 is 2.64 bits per heavy atom. The van der Waals surface area contributed by atoms with Crippen LogP contribution in [-0.4, -0.2) is 22.7 Å². The van der Waals surface area contributed by atoms with E-state index in [0.29, 0.717) is 21.8 Å². The Balaban J connectivity index is 2.00. The van der Waals surface area contributed by atoms with E-state index in [9.17, 15) is 14.3 Å². The van der Waals surface area contributed by atoms with Gasteiger partial charge in [-0.25, -0.2) is 9.18 Å². The summed E-state index contributed by atoms with van der Waals surface area (Å²) in [5.41, 5.74) is 2.24. The number of esters is 1. The molecule has 0 saturated carbocycles. The van der Waals surface area contributed by atoms with Crippen molar-refractivity contribution in [3.8, 4) is 5.75 Å². The van der Waals surface area contributed by atoms with Crippen molar-refractivity contribution in [3.05, 3.63) is 69.6 Å². The van der Waals surface area contributed by atoms with Gasteiger partial charge in [0.15, 0.2) is 5.75 Å². The molecule has 0 aliphatic rings. The second-order valence-electron chi connectivity index (χ2n) is 5.52. The molecule has 0 bridgehead atoms. The lowest BCUT2D eigenvalue weighted by atomic mass is 10.0. The fraction of sp³-hybridized carbons (Fsp3) is 0.158. The molecule has 2 aromatic carbocycles. The largest absolute Gasteiger partial charge is 0.505 e. The van der Waals surface area contributed by atoms with E-state index in [1.807, 2.05) is 6.07 Å². The molecule has 0 amide bonds. The molecule has 0 saturated heterocycles. The van der Waals surface area contributed by atoms with Crippen LogP contribution in [0.25, 0.3) is 10.9 Å². The number of benzene rings is 2. The van der Waals surface area contributed by atoms with Crippen molar-refractivity contribution in [1.82, 2.24) is 4.98 Å². The number of aromatic nitrogens is 1. The van der Waals surface area contributed by atoms with Crippen molar-refractivity contribution in [2.75, 3.05) is 6.61 Å². The highest BCUT2D eigenvalue weighted by atomic mass is 79.9. The van der Waals surface area contributed by atoms with Gasteiger partial charge in [-0.15, -0.1) is 0 Å². The quantitative estimate of drug-likeness (QED) is 0.646. The standard InChI is InChI=1S/C19H15BrFNO3/c1-2-25-19(24)15-9-16(20)14-8-12(10-22-17(14)18(15)23)7-11-3-5-13(21)6-4-11/h3-6,8-10,23H,2,7H2,1H3. The minimum Gasteiger partial charge on any atom is -0.505 e. The molecule has 0 fully saturated rings. The molecule has 1 N–H and O–H groups in total. The lowest BCUT2D eigenvalue weighted by molar-refractivity contribution is 0.0523. The highest BCUT2D eigenvalue weighted by Gasteiger charge is 2.18. The van der Waals surface area contributed by atoms with E-state index in [1.165, 1.54) is 18.2 Å². The van der Waals surface area contributed by atoms with Crippen molar-refractivity contribution >= 4 is 32.8 Å². The predicted molar refractivity (Wildman–Crippen MR) is 96.3 cm³/mol. The van der Waals surface area contributed by atoms with Crippen LogP contribution in [0.3, 0.4) is 0 Å². The Labute approximate surface area is 152 Å². The first-order valence-electron chi connectivity index (χ1n) is 7.71. The average Bonchev–Trinajstić information content (AvgIpc) is 2.60. The molecule has 128 valence electrons. The number of ether oxygens (including phenoxy) is 1. The number of phenols is 1. The van der Waals surface area contributed by atoms with Crippen molar-refractivity contribution in [2.45, 2.75) is 13.3 Å². The van der Waals surface area contributed by atoms with Gasteiger partial charge in [-0.05, 0) is 48.7 Å². The SMILES string of the molecule is CCOC(=O)c1cc(Br)c2cc(Cc3ccc(F)cc3)cnc2c1O. The van der Waals surface area contributed by atoms with Crippen molar-refractivity contribution in [1.29, 1.82) is 0 Å². The van der Waals surface area contributed by atoms with Crippen LogP contribution < -0.4 is 0 Å². The average molecular weight is 404 g/mol. The number of carbonyl (C=O) groups is 1. The maximum Gasteiger partial charge on any atom is 0.342 e. The molecule has 1 heterocycles. The predicted octanol–water partition coefficient (Wildman–Crippen LogP) is 4.61. The van der Waals surface area contributed by atoms with E-state index in [-0.39, 0.29) is 23.7 Å². The minimum atomic E-state index is -0.597. The number of aromatic hydroxyl groups is 1. The van der Waals surface area contributed by atoms with Crippen molar-refractivity contribution in [2.24, 2.45) is 0 Å². The maximum absolute atomic E-state index is 13.0. The zero-order valence-electron chi connectivity index (χ0n) is 13.4. The molecule has 0 spiro atoms. The summed E-state index contributed by atoms with van der Waals surface area (Å²) in [6, 6.07) is 9.67. The van der Waals surface area contributed by atoms with E-state index in [0.717, 1.165) is 11.1 Å². The molecular formula is C19H15BrFNO3. The number of phenolic OH excluding ortho intramolecular Hbond substituents is 1. The van der Waals surface area contributed by atoms with Gasteiger partial charge in [-0.3, -0.25) is 4.98 Å². The van der Waals surface area contributed by atoms with Crippen molar-refractivity contribution in [3.63, 3.8) is 0 Å². The van der Waals surface area contributed by atoms with Gasteiger partial charge in [0.05, 0.1) is 6.61 Å². The Morgan fingerprint density at radius 1 is 1.24 bits per heavy atom. The number of hydrogen-bond donors (Lipinski definition) is 1. The summed E-state index contributed by atoms with van der Waals surface area (Å²) in [4.78, 5) is 16.2. The number of halogens is 2. The zero-order chi connectivity index (χ0) is 18.0.